The summed E-state index contributed by atoms with van der Waals surface area (Å²) in [6, 6.07) is 30.4. The van der Waals surface area contributed by atoms with E-state index in [1.807, 2.05) is 0 Å². The van der Waals surface area contributed by atoms with Gasteiger partial charge in [0.05, 0.1) is 17.6 Å². The molecule has 0 N–H and O–H groups in total. The molecule has 0 amide bonds. The predicted molar refractivity (Wildman–Crippen MR) is 145 cm³/mol. The van der Waals surface area contributed by atoms with Crippen molar-refractivity contribution in [3.05, 3.63) is 84.9 Å². The molecule has 168 valence electrons. The number of benzene rings is 4. The molecule has 0 aliphatic heterocycles. The molecule has 1 heterocycles. The molecule has 0 bridgehead atoms. The third-order valence-corrected chi connectivity index (χ3v) is 6.79. The highest BCUT2D eigenvalue weighted by molar-refractivity contribution is 7.80. The molecule has 0 saturated carbocycles. The number of rotatable bonds is 10. The standard InChI is InChI=1S/C30H31NOS/c33-22-10-4-2-1-3-9-21-32-25-18-16-24(17-19-25)31-29-14-8-7-13-27(29)28-20-15-23-11-5-6-12-26(23)30(28)31/h5-8,11-20,33H,1-4,9-10,21-22H2. The Labute approximate surface area is 201 Å². The molecule has 0 radical (unpaired) electrons. The molecule has 0 aliphatic carbocycles. The molecule has 0 spiro atoms. The largest absolute Gasteiger partial charge is 0.494 e. The Hall–Kier alpha value is -2.91. The highest BCUT2D eigenvalue weighted by atomic mass is 32.1. The SMILES string of the molecule is SCCCCCCCCOc1ccc(-n2c3ccccc3c3ccc4ccccc4c32)cc1. The average Bonchev–Trinajstić information content (AvgIpc) is 3.21. The van der Waals surface area contributed by atoms with Crippen LogP contribution >= 0.6 is 12.6 Å². The second-order valence-corrected chi connectivity index (χ2v) is 9.17. The number of unbranched alkanes of at least 4 members (excludes halogenated alkanes) is 5. The Morgan fingerprint density at radius 3 is 2.12 bits per heavy atom. The van der Waals surface area contributed by atoms with Gasteiger partial charge in [0.1, 0.15) is 5.75 Å². The Morgan fingerprint density at radius 2 is 1.30 bits per heavy atom. The van der Waals surface area contributed by atoms with E-state index < -0.39 is 0 Å². The van der Waals surface area contributed by atoms with Gasteiger partial charge in [0, 0.05) is 21.8 Å². The zero-order chi connectivity index (χ0) is 22.5. The van der Waals surface area contributed by atoms with Crippen molar-refractivity contribution in [2.24, 2.45) is 0 Å². The van der Waals surface area contributed by atoms with E-state index in [0.29, 0.717) is 0 Å². The van der Waals surface area contributed by atoms with E-state index in [4.69, 9.17) is 4.74 Å². The number of aromatic nitrogens is 1. The van der Waals surface area contributed by atoms with Crippen LogP contribution in [0.3, 0.4) is 0 Å². The Morgan fingerprint density at radius 1 is 0.606 bits per heavy atom. The molecular weight excluding hydrogens is 422 g/mol. The van der Waals surface area contributed by atoms with Crippen molar-refractivity contribution in [1.82, 2.24) is 4.57 Å². The summed E-state index contributed by atoms with van der Waals surface area (Å²) in [5.41, 5.74) is 3.66. The van der Waals surface area contributed by atoms with Crippen LogP contribution in [0.15, 0.2) is 84.9 Å². The first-order valence-corrected chi connectivity index (χ1v) is 12.7. The zero-order valence-electron chi connectivity index (χ0n) is 19.0. The lowest BCUT2D eigenvalue weighted by atomic mass is 10.1. The third kappa shape index (κ3) is 4.60. The van der Waals surface area contributed by atoms with Gasteiger partial charge in [-0.2, -0.15) is 12.6 Å². The van der Waals surface area contributed by atoms with Crippen LogP contribution in [0.5, 0.6) is 5.75 Å². The summed E-state index contributed by atoms with van der Waals surface area (Å²) >= 11 is 4.28. The van der Waals surface area contributed by atoms with E-state index in [0.717, 1.165) is 30.2 Å². The molecule has 2 nitrogen and oxygen atoms in total. The third-order valence-electron chi connectivity index (χ3n) is 6.48. The summed E-state index contributed by atoms with van der Waals surface area (Å²) in [4.78, 5) is 0. The van der Waals surface area contributed by atoms with Crippen LogP contribution in [0.2, 0.25) is 0 Å². The number of thiol groups is 1. The molecule has 0 atom stereocenters. The number of para-hydroxylation sites is 1. The van der Waals surface area contributed by atoms with Gasteiger partial charge in [-0.1, -0.05) is 80.3 Å². The normalized spacial score (nSPS) is 11.5. The fourth-order valence-corrected chi connectivity index (χ4v) is 5.02. The van der Waals surface area contributed by atoms with Gasteiger partial charge < -0.3 is 9.30 Å². The number of fused-ring (bicyclic) bond motifs is 5. The molecule has 33 heavy (non-hydrogen) atoms. The van der Waals surface area contributed by atoms with Crippen LogP contribution in [0, 0.1) is 0 Å². The van der Waals surface area contributed by atoms with Crippen molar-refractivity contribution >= 4 is 45.2 Å². The molecule has 4 aromatic carbocycles. The number of nitrogens with zero attached hydrogens (tertiary/aromatic N) is 1. The van der Waals surface area contributed by atoms with Crippen molar-refractivity contribution in [2.75, 3.05) is 12.4 Å². The lowest BCUT2D eigenvalue weighted by Gasteiger charge is -2.11. The Kier molecular flexibility index (Phi) is 6.87. The lowest BCUT2D eigenvalue weighted by Crippen LogP contribution is -1.98. The Bertz CT molecular complexity index is 1350. The minimum atomic E-state index is 0.784. The van der Waals surface area contributed by atoms with Gasteiger partial charge in [-0.3, -0.25) is 0 Å². The highest BCUT2D eigenvalue weighted by Gasteiger charge is 2.14. The maximum Gasteiger partial charge on any atom is 0.119 e. The molecule has 0 unspecified atom stereocenters. The van der Waals surface area contributed by atoms with E-state index in [9.17, 15) is 0 Å². The summed E-state index contributed by atoms with van der Waals surface area (Å²) < 4.78 is 8.42. The van der Waals surface area contributed by atoms with E-state index in [2.05, 4.69) is 102 Å². The first kappa shape index (κ1) is 21.9. The topological polar surface area (TPSA) is 14.2 Å². The van der Waals surface area contributed by atoms with Gasteiger partial charge in [0.2, 0.25) is 0 Å². The maximum absolute atomic E-state index is 6.03. The molecule has 0 saturated heterocycles. The zero-order valence-corrected chi connectivity index (χ0v) is 19.9. The van der Waals surface area contributed by atoms with Crippen molar-refractivity contribution in [1.29, 1.82) is 0 Å². The monoisotopic (exact) mass is 453 g/mol. The highest BCUT2D eigenvalue weighted by Crippen LogP contribution is 2.36. The van der Waals surface area contributed by atoms with Crippen LogP contribution in [-0.2, 0) is 0 Å². The van der Waals surface area contributed by atoms with E-state index in [1.165, 1.54) is 64.7 Å². The van der Waals surface area contributed by atoms with Crippen molar-refractivity contribution in [3.8, 4) is 11.4 Å². The summed E-state index contributed by atoms with van der Waals surface area (Å²) in [7, 11) is 0. The second kappa shape index (κ2) is 10.4. The fraction of sp³-hybridized carbons (Fsp3) is 0.267. The van der Waals surface area contributed by atoms with Crippen LogP contribution in [-0.4, -0.2) is 16.9 Å². The average molecular weight is 454 g/mol. The molecule has 5 rings (SSSR count). The molecule has 0 fully saturated rings. The van der Waals surface area contributed by atoms with Crippen molar-refractivity contribution < 1.29 is 4.74 Å². The van der Waals surface area contributed by atoms with Gasteiger partial charge >= 0.3 is 0 Å². The fourth-order valence-electron chi connectivity index (χ4n) is 4.80. The minimum absolute atomic E-state index is 0.784. The molecule has 1 aromatic heterocycles. The molecule has 3 heteroatoms. The first-order chi connectivity index (χ1) is 16.4. The van der Waals surface area contributed by atoms with E-state index >= 15 is 0 Å². The van der Waals surface area contributed by atoms with Crippen LogP contribution in [0.1, 0.15) is 38.5 Å². The maximum atomic E-state index is 6.03. The van der Waals surface area contributed by atoms with Crippen LogP contribution < -0.4 is 4.74 Å². The summed E-state index contributed by atoms with van der Waals surface area (Å²) in [6.07, 6.45) is 7.47. The second-order valence-electron chi connectivity index (χ2n) is 8.72. The quantitative estimate of drug-likeness (QED) is 0.165. The van der Waals surface area contributed by atoms with Gasteiger partial charge in [-0.05, 0) is 54.3 Å². The van der Waals surface area contributed by atoms with Gasteiger partial charge in [-0.15, -0.1) is 0 Å². The van der Waals surface area contributed by atoms with Crippen LogP contribution in [0.25, 0.3) is 38.3 Å². The van der Waals surface area contributed by atoms with E-state index in [1.54, 1.807) is 0 Å². The summed E-state index contributed by atoms with van der Waals surface area (Å²) in [5, 5.41) is 5.12. The molecule has 5 aromatic rings. The Balaban J connectivity index is 1.38. The minimum Gasteiger partial charge on any atom is -0.494 e. The van der Waals surface area contributed by atoms with Gasteiger partial charge in [-0.25, -0.2) is 0 Å². The van der Waals surface area contributed by atoms with Crippen molar-refractivity contribution in [2.45, 2.75) is 38.5 Å². The molecular formula is C30H31NOS. The number of hydrogen-bond donors (Lipinski definition) is 1. The lowest BCUT2D eigenvalue weighted by molar-refractivity contribution is 0.304. The number of hydrogen-bond acceptors (Lipinski definition) is 2. The summed E-state index contributed by atoms with van der Waals surface area (Å²) in [6.45, 7) is 0.784. The van der Waals surface area contributed by atoms with Crippen LogP contribution in [0.4, 0.5) is 0 Å². The van der Waals surface area contributed by atoms with Gasteiger partial charge in [0.25, 0.3) is 0 Å². The van der Waals surface area contributed by atoms with E-state index in [-0.39, 0.29) is 0 Å². The number of ether oxygens (including phenoxy) is 1. The molecule has 0 aliphatic rings. The predicted octanol–water partition coefficient (Wildman–Crippen LogP) is 8.59. The first-order valence-electron chi connectivity index (χ1n) is 12.1. The summed E-state index contributed by atoms with van der Waals surface area (Å²) in [5.74, 6) is 1.95. The van der Waals surface area contributed by atoms with Gasteiger partial charge in [0.15, 0.2) is 0 Å². The smallest absolute Gasteiger partial charge is 0.119 e. The van der Waals surface area contributed by atoms with Crippen molar-refractivity contribution in [3.63, 3.8) is 0 Å².